The van der Waals surface area contributed by atoms with E-state index in [2.05, 4.69) is 42.7 Å². The van der Waals surface area contributed by atoms with Crippen LogP contribution in [0.5, 0.6) is 0 Å². The zero-order valence-corrected chi connectivity index (χ0v) is 18.3. The molecule has 0 bridgehead atoms. The average Bonchev–Trinajstić information content (AvgIpc) is 3.40. The number of likely N-dealkylation sites (N-methyl/N-ethyl adjacent to an activating group) is 1. The van der Waals surface area contributed by atoms with Crippen molar-refractivity contribution in [2.24, 2.45) is 5.92 Å². The van der Waals surface area contributed by atoms with Crippen LogP contribution in [0.3, 0.4) is 0 Å². The van der Waals surface area contributed by atoms with Gasteiger partial charge < -0.3 is 19.8 Å². The normalized spacial score (nSPS) is 24.9. The zero-order valence-electron chi connectivity index (χ0n) is 18.3. The molecule has 10 heteroatoms. The van der Waals surface area contributed by atoms with E-state index in [0.717, 1.165) is 75.9 Å². The molecular formula is C21H31N7O3. The van der Waals surface area contributed by atoms with E-state index in [1.54, 1.807) is 6.08 Å². The molecule has 5 heterocycles. The van der Waals surface area contributed by atoms with Crippen molar-refractivity contribution < 1.29 is 13.9 Å². The van der Waals surface area contributed by atoms with Gasteiger partial charge in [-0.05, 0) is 25.9 Å². The van der Waals surface area contributed by atoms with E-state index in [0.29, 0.717) is 24.2 Å². The van der Waals surface area contributed by atoms with Crippen molar-refractivity contribution in [3.63, 3.8) is 0 Å². The number of hydrazine groups is 1. The molecule has 2 saturated heterocycles. The van der Waals surface area contributed by atoms with Crippen LogP contribution in [0.25, 0.3) is 5.57 Å². The highest BCUT2D eigenvalue weighted by Crippen LogP contribution is 2.37. The maximum absolute atomic E-state index is 12.5. The van der Waals surface area contributed by atoms with Crippen LogP contribution in [0, 0.1) is 5.92 Å². The van der Waals surface area contributed by atoms with Crippen LogP contribution < -0.4 is 10.6 Å². The molecule has 168 valence electrons. The van der Waals surface area contributed by atoms with Gasteiger partial charge in [0.1, 0.15) is 5.82 Å². The van der Waals surface area contributed by atoms with Crippen LogP contribution in [0.15, 0.2) is 22.0 Å². The second-order valence-corrected chi connectivity index (χ2v) is 8.80. The SMILES string of the molecule is CC(CN1CCOCC1)c1nnc(C2=C3NC(=O)C=C(C4CCNCC4)N3N(C)C2)o1. The lowest BCUT2D eigenvalue weighted by atomic mass is 9.93. The van der Waals surface area contributed by atoms with Gasteiger partial charge in [-0.3, -0.25) is 14.7 Å². The van der Waals surface area contributed by atoms with Gasteiger partial charge in [0.05, 0.1) is 25.3 Å². The van der Waals surface area contributed by atoms with Crippen LogP contribution >= 0.6 is 0 Å². The van der Waals surface area contributed by atoms with Crippen LogP contribution in [0.1, 0.15) is 37.5 Å². The summed E-state index contributed by atoms with van der Waals surface area (Å²) in [6.45, 7) is 8.93. The summed E-state index contributed by atoms with van der Waals surface area (Å²) in [5.74, 6) is 2.27. The molecule has 5 rings (SSSR count). The molecule has 1 aromatic rings. The highest BCUT2D eigenvalue weighted by molar-refractivity contribution is 5.92. The smallest absolute Gasteiger partial charge is 0.251 e. The molecule has 1 aromatic heterocycles. The number of aromatic nitrogens is 2. The Balaban J connectivity index is 1.37. The summed E-state index contributed by atoms with van der Waals surface area (Å²) < 4.78 is 11.5. The number of ether oxygens (including phenoxy) is 1. The third-order valence-electron chi connectivity index (χ3n) is 6.50. The molecule has 10 nitrogen and oxygen atoms in total. The van der Waals surface area contributed by atoms with Crippen molar-refractivity contribution in [3.8, 4) is 0 Å². The second-order valence-electron chi connectivity index (χ2n) is 8.80. The Kier molecular flexibility index (Phi) is 5.79. The number of morpholine rings is 1. The van der Waals surface area contributed by atoms with E-state index < -0.39 is 0 Å². The number of nitrogens with zero attached hydrogens (tertiary/aromatic N) is 5. The van der Waals surface area contributed by atoms with Gasteiger partial charge in [-0.2, -0.15) is 0 Å². The number of fused-ring (bicyclic) bond motifs is 1. The minimum Gasteiger partial charge on any atom is -0.421 e. The first kappa shape index (κ1) is 20.6. The first-order valence-corrected chi connectivity index (χ1v) is 11.2. The molecule has 4 aliphatic rings. The Morgan fingerprint density at radius 1 is 1.23 bits per heavy atom. The average molecular weight is 430 g/mol. The zero-order chi connectivity index (χ0) is 21.4. The number of hydrogen-bond donors (Lipinski definition) is 2. The van der Waals surface area contributed by atoms with E-state index >= 15 is 0 Å². The number of nitrogens with one attached hydrogen (secondary N) is 2. The first-order valence-electron chi connectivity index (χ1n) is 11.2. The molecule has 0 radical (unpaired) electrons. The van der Waals surface area contributed by atoms with Crippen LogP contribution in [-0.2, 0) is 9.53 Å². The molecule has 0 aromatic carbocycles. The van der Waals surface area contributed by atoms with Crippen molar-refractivity contribution in [1.82, 2.24) is 35.7 Å². The summed E-state index contributed by atoms with van der Waals surface area (Å²) in [4.78, 5) is 14.9. The maximum Gasteiger partial charge on any atom is 0.251 e. The first-order chi connectivity index (χ1) is 15.1. The third kappa shape index (κ3) is 4.12. The standard InChI is InChI=1S/C21H31N7O3/c1-14(12-27-7-9-30-10-8-27)20-24-25-21(31-20)16-13-26(2)28-17(11-18(29)23-19(16)28)15-3-5-22-6-4-15/h11,14-15,22H,3-10,12-13H2,1-2H3,(H,23,29). The minimum absolute atomic E-state index is 0.0898. The molecule has 1 amide bonds. The predicted molar refractivity (Wildman–Crippen MR) is 113 cm³/mol. The maximum atomic E-state index is 12.5. The second kappa shape index (κ2) is 8.70. The summed E-state index contributed by atoms with van der Waals surface area (Å²) >= 11 is 0. The summed E-state index contributed by atoms with van der Waals surface area (Å²) in [7, 11) is 2.03. The fourth-order valence-electron chi connectivity index (χ4n) is 4.86. The minimum atomic E-state index is -0.0898. The Hall–Kier alpha value is -2.27. The predicted octanol–water partition coefficient (Wildman–Crippen LogP) is 0.350. The molecule has 4 aliphatic heterocycles. The van der Waals surface area contributed by atoms with Crippen molar-refractivity contribution in [2.45, 2.75) is 25.7 Å². The van der Waals surface area contributed by atoms with Gasteiger partial charge in [0.15, 0.2) is 0 Å². The molecule has 2 fully saturated rings. The topological polar surface area (TPSA) is 99.0 Å². The fourth-order valence-corrected chi connectivity index (χ4v) is 4.86. The number of carbonyl (C=O) groups excluding carboxylic acids is 1. The van der Waals surface area contributed by atoms with Gasteiger partial charge in [0, 0.05) is 50.3 Å². The molecule has 1 unspecified atom stereocenters. The van der Waals surface area contributed by atoms with E-state index in [1.807, 2.05) is 7.05 Å². The number of allylic oxidation sites excluding steroid dienone is 1. The largest absolute Gasteiger partial charge is 0.421 e. The molecule has 31 heavy (non-hydrogen) atoms. The molecule has 1 atom stereocenters. The number of hydrogen-bond acceptors (Lipinski definition) is 9. The molecule has 0 saturated carbocycles. The molecule has 0 aliphatic carbocycles. The van der Waals surface area contributed by atoms with Gasteiger partial charge >= 0.3 is 0 Å². The fraction of sp³-hybridized carbons (Fsp3) is 0.667. The summed E-state index contributed by atoms with van der Waals surface area (Å²) in [6, 6.07) is 0. The van der Waals surface area contributed by atoms with Crippen LogP contribution in [0.2, 0.25) is 0 Å². The number of piperidine rings is 1. The Morgan fingerprint density at radius 2 is 2.00 bits per heavy atom. The highest BCUT2D eigenvalue weighted by atomic mass is 16.5. The van der Waals surface area contributed by atoms with Gasteiger partial charge in [0.2, 0.25) is 11.8 Å². The van der Waals surface area contributed by atoms with E-state index in [1.165, 1.54) is 0 Å². The van der Waals surface area contributed by atoms with Crippen molar-refractivity contribution in [1.29, 1.82) is 0 Å². The van der Waals surface area contributed by atoms with Crippen LogP contribution in [-0.4, -0.2) is 90.6 Å². The summed E-state index contributed by atoms with van der Waals surface area (Å²) in [5.41, 5.74) is 1.92. The van der Waals surface area contributed by atoms with E-state index in [9.17, 15) is 4.79 Å². The lowest BCUT2D eigenvalue weighted by Gasteiger charge is -2.38. The molecule has 0 spiro atoms. The van der Waals surface area contributed by atoms with Crippen molar-refractivity contribution in [2.75, 3.05) is 59.5 Å². The van der Waals surface area contributed by atoms with Gasteiger partial charge in [-0.25, -0.2) is 5.01 Å². The molecular weight excluding hydrogens is 398 g/mol. The number of carbonyl (C=O) groups is 1. The Bertz CT molecular complexity index is 883. The van der Waals surface area contributed by atoms with Gasteiger partial charge in [-0.1, -0.05) is 6.92 Å². The van der Waals surface area contributed by atoms with Gasteiger partial charge in [0.25, 0.3) is 5.91 Å². The lowest BCUT2D eigenvalue weighted by molar-refractivity contribution is -0.117. The van der Waals surface area contributed by atoms with Crippen LogP contribution in [0.4, 0.5) is 0 Å². The Morgan fingerprint density at radius 3 is 2.77 bits per heavy atom. The number of rotatable bonds is 5. The van der Waals surface area contributed by atoms with Gasteiger partial charge in [-0.15, -0.1) is 10.2 Å². The number of amides is 1. The monoisotopic (exact) mass is 429 g/mol. The lowest BCUT2D eigenvalue weighted by Crippen LogP contribution is -2.46. The van der Waals surface area contributed by atoms with Crippen molar-refractivity contribution >= 4 is 11.5 Å². The summed E-state index contributed by atoms with van der Waals surface area (Å²) in [6.07, 6.45) is 3.79. The molecule has 2 N–H and O–H groups in total. The Labute approximate surface area is 182 Å². The van der Waals surface area contributed by atoms with E-state index in [4.69, 9.17) is 9.15 Å². The quantitative estimate of drug-likeness (QED) is 0.687. The third-order valence-corrected chi connectivity index (χ3v) is 6.50. The van der Waals surface area contributed by atoms with Crippen molar-refractivity contribution in [3.05, 3.63) is 29.4 Å². The summed E-state index contributed by atoms with van der Waals surface area (Å²) in [5, 5.41) is 19.3. The highest BCUT2D eigenvalue weighted by Gasteiger charge is 2.39. The van der Waals surface area contributed by atoms with E-state index in [-0.39, 0.29) is 11.8 Å².